The lowest BCUT2D eigenvalue weighted by Gasteiger charge is -2.17. The van der Waals surface area contributed by atoms with Crippen molar-refractivity contribution in [2.45, 2.75) is 6.54 Å². The van der Waals surface area contributed by atoms with Crippen molar-refractivity contribution < 1.29 is 9.59 Å². The molecule has 6 heteroatoms. The molecule has 0 fully saturated rings. The van der Waals surface area contributed by atoms with E-state index in [-0.39, 0.29) is 12.5 Å². The molecule has 120 valence electrons. The van der Waals surface area contributed by atoms with Crippen molar-refractivity contribution in [2.24, 2.45) is 0 Å². The highest BCUT2D eigenvalue weighted by Gasteiger charge is 2.11. The number of nitrogens with zero attached hydrogens (tertiary/aromatic N) is 1. The Morgan fingerprint density at radius 3 is 2.39 bits per heavy atom. The molecule has 2 aromatic rings. The lowest BCUT2D eigenvalue weighted by Crippen LogP contribution is -2.40. The van der Waals surface area contributed by atoms with Crippen molar-refractivity contribution in [2.75, 3.05) is 18.9 Å². The second-order valence-electron chi connectivity index (χ2n) is 5.13. The summed E-state index contributed by atoms with van der Waals surface area (Å²) in [5.74, 6) is -0.381. The molecule has 0 saturated carbocycles. The molecule has 0 heterocycles. The van der Waals surface area contributed by atoms with E-state index in [4.69, 9.17) is 11.6 Å². The number of halogens is 1. The molecule has 0 saturated heterocycles. The van der Waals surface area contributed by atoms with Gasteiger partial charge in [-0.25, -0.2) is 4.79 Å². The van der Waals surface area contributed by atoms with E-state index in [2.05, 4.69) is 10.6 Å². The normalized spacial score (nSPS) is 10.4. The van der Waals surface area contributed by atoms with Gasteiger partial charge in [-0.2, -0.15) is 0 Å². The molecule has 0 unspecified atom stereocenters. The smallest absolute Gasteiger partial charge is 0.308 e. The Kier molecular flexibility index (Phi) is 6.14. The molecule has 0 atom stereocenters. The summed E-state index contributed by atoms with van der Waals surface area (Å²) < 4.78 is 0. The first kappa shape index (κ1) is 17.0. The average Bonchev–Trinajstić information content (AvgIpc) is 2.50. The first-order chi connectivity index (χ1) is 11.0. The van der Waals surface area contributed by atoms with Gasteiger partial charge in [-0.15, -0.1) is 0 Å². The maximum Gasteiger partial charge on any atom is 0.325 e. The highest BCUT2D eigenvalue weighted by molar-refractivity contribution is 6.31. The van der Waals surface area contributed by atoms with Crippen molar-refractivity contribution in [3.05, 3.63) is 65.2 Å². The van der Waals surface area contributed by atoms with Crippen molar-refractivity contribution >= 4 is 29.2 Å². The lowest BCUT2D eigenvalue weighted by molar-refractivity contribution is -0.120. The highest BCUT2D eigenvalue weighted by Crippen LogP contribution is 2.16. The molecule has 23 heavy (non-hydrogen) atoms. The fraction of sp³-hybridized carbons (Fsp3) is 0.176. The Labute approximate surface area is 140 Å². The van der Waals surface area contributed by atoms with Gasteiger partial charge in [0.05, 0.1) is 6.54 Å². The molecule has 3 amide bonds. The highest BCUT2D eigenvalue weighted by atomic mass is 35.5. The van der Waals surface area contributed by atoms with Crippen LogP contribution in [0.15, 0.2) is 54.6 Å². The van der Waals surface area contributed by atoms with E-state index < -0.39 is 6.03 Å². The van der Waals surface area contributed by atoms with Crippen LogP contribution in [0, 0.1) is 0 Å². The Balaban J connectivity index is 1.80. The maximum atomic E-state index is 11.9. The van der Waals surface area contributed by atoms with Gasteiger partial charge in [0.2, 0.25) is 5.91 Å². The summed E-state index contributed by atoms with van der Waals surface area (Å²) in [6.07, 6.45) is 0. The number of imide groups is 1. The topological polar surface area (TPSA) is 61.4 Å². The number of rotatable bonds is 5. The minimum absolute atomic E-state index is 0.0907. The van der Waals surface area contributed by atoms with Gasteiger partial charge in [0, 0.05) is 17.3 Å². The Morgan fingerprint density at radius 2 is 1.70 bits per heavy atom. The van der Waals surface area contributed by atoms with Gasteiger partial charge in [0.1, 0.15) is 0 Å². The second kappa shape index (κ2) is 8.31. The fourth-order valence-electron chi connectivity index (χ4n) is 2.07. The zero-order valence-electron chi connectivity index (χ0n) is 12.8. The number of carbonyl (C=O) groups excluding carboxylic acids is 2. The molecular weight excluding hydrogens is 314 g/mol. The monoisotopic (exact) mass is 331 g/mol. The van der Waals surface area contributed by atoms with E-state index in [0.29, 0.717) is 17.3 Å². The molecule has 5 nitrogen and oxygen atoms in total. The van der Waals surface area contributed by atoms with Crippen LogP contribution in [0.4, 0.5) is 10.5 Å². The third kappa shape index (κ3) is 5.73. The summed E-state index contributed by atoms with van der Waals surface area (Å²) in [4.78, 5) is 25.4. The van der Waals surface area contributed by atoms with Gasteiger partial charge in [-0.05, 0) is 30.8 Å². The van der Waals surface area contributed by atoms with Crippen LogP contribution >= 0.6 is 11.6 Å². The summed E-state index contributed by atoms with van der Waals surface area (Å²) in [5, 5.41) is 5.54. The number of hydrogen-bond donors (Lipinski definition) is 2. The molecule has 0 aliphatic carbocycles. The number of nitrogens with one attached hydrogen (secondary N) is 2. The van der Waals surface area contributed by atoms with Crippen molar-refractivity contribution in [3.63, 3.8) is 0 Å². The van der Waals surface area contributed by atoms with Crippen LogP contribution in [-0.2, 0) is 11.3 Å². The number of benzene rings is 2. The van der Waals surface area contributed by atoms with Crippen LogP contribution in [-0.4, -0.2) is 30.4 Å². The van der Waals surface area contributed by atoms with E-state index in [9.17, 15) is 9.59 Å². The molecule has 2 aromatic carbocycles. The molecule has 0 aliphatic rings. The van der Waals surface area contributed by atoms with Crippen LogP contribution in [0.3, 0.4) is 0 Å². The zero-order valence-corrected chi connectivity index (χ0v) is 13.5. The Morgan fingerprint density at radius 1 is 1.04 bits per heavy atom. The minimum atomic E-state index is -0.549. The largest absolute Gasteiger partial charge is 0.325 e. The van der Waals surface area contributed by atoms with E-state index in [0.717, 1.165) is 5.56 Å². The zero-order chi connectivity index (χ0) is 16.7. The number of anilines is 1. The van der Waals surface area contributed by atoms with Crippen LogP contribution in [0.25, 0.3) is 0 Å². The SMILES string of the molecule is CN(CC(=O)NC(=O)Nc1ccccc1)Cc1ccccc1Cl. The van der Waals surface area contributed by atoms with Crippen molar-refractivity contribution in [1.29, 1.82) is 0 Å². The minimum Gasteiger partial charge on any atom is -0.308 e. The standard InChI is InChI=1S/C17H18ClN3O2/c1-21(11-13-7-5-6-10-15(13)18)12-16(22)20-17(23)19-14-8-3-2-4-9-14/h2-10H,11-12H2,1H3,(H2,19,20,22,23). The number of likely N-dealkylation sites (N-methyl/N-ethyl adjacent to an activating group) is 1. The van der Waals surface area contributed by atoms with Crippen molar-refractivity contribution in [1.82, 2.24) is 10.2 Å². The summed E-state index contributed by atoms with van der Waals surface area (Å²) in [6, 6.07) is 15.8. The van der Waals surface area contributed by atoms with Gasteiger partial charge < -0.3 is 5.32 Å². The molecule has 0 radical (unpaired) electrons. The summed E-state index contributed by atoms with van der Waals surface area (Å²) in [7, 11) is 1.79. The molecular formula is C17H18ClN3O2. The van der Waals surface area contributed by atoms with E-state index >= 15 is 0 Å². The van der Waals surface area contributed by atoms with Gasteiger partial charge in [-0.1, -0.05) is 48.0 Å². The predicted molar refractivity (Wildman–Crippen MR) is 91.4 cm³/mol. The molecule has 0 bridgehead atoms. The van der Waals surface area contributed by atoms with E-state index in [1.54, 1.807) is 42.3 Å². The first-order valence-corrected chi connectivity index (χ1v) is 7.50. The lowest BCUT2D eigenvalue weighted by atomic mass is 10.2. The molecule has 0 aromatic heterocycles. The Hall–Kier alpha value is -2.37. The van der Waals surface area contributed by atoms with Crippen LogP contribution in [0.2, 0.25) is 5.02 Å². The molecule has 0 spiro atoms. The fourth-order valence-corrected chi connectivity index (χ4v) is 2.26. The van der Waals surface area contributed by atoms with Gasteiger partial charge in [0.15, 0.2) is 0 Å². The third-order valence-corrected chi connectivity index (χ3v) is 3.46. The van der Waals surface area contributed by atoms with Crippen LogP contribution in [0.1, 0.15) is 5.56 Å². The molecule has 0 aliphatic heterocycles. The van der Waals surface area contributed by atoms with Crippen LogP contribution < -0.4 is 10.6 Å². The summed E-state index contributed by atoms with van der Waals surface area (Å²) >= 11 is 6.09. The Bertz CT molecular complexity index is 677. The van der Waals surface area contributed by atoms with Crippen molar-refractivity contribution in [3.8, 4) is 0 Å². The number of hydrogen-bond acceptors (Lipinski definition) is 3. The number of amides is 3. The first-order valence-electron chi connectivity index (χ1n) is 7.12. The number of carbonyl (C=O) groups is 2. The van der Waals surface area contributed by atoms with Gasteiger partial charge in [0.25, 0.3) is 0 Å². The summed E-state index contributed by atoms with van der Waals surface area (Å²) in [5.41, 5.74) is 1.56. The summed E-state index contributed by atoms with van der Waals surface area (Å²) in [6.45, 7) is 0.612. The van der Waals surface area contributed by atoms with E-state index in [1.165, 1.54) is 0 Å². The molecule has 2 N–H and O–H groups in total. The third-order valence-electron chi connectivity index (χ3n) is 3.10. The molecule has 2 rings (SSSR count). The number of para-hydroxylation sites is 1. The van der Waals surface area contributed by atoms with E-state index in [1.807, 2.05) is 24.3 Å². The van der Waals surface area contributed by atoms with Gasteiger partial charge >= 0.3 is 6.03 Å². The van der Waals surface area contributed by atoms with Crippen LogP contribution in [0.5, 0.6) is 0 Å². The number of urea groups is 1. The maximum absolute atomic E-state index is 11.9. The predicted octanol–water partition coefficient (Wildman–Crippen LogP) is 3.12. The van der Waals surface area contributed by atoms with Gasteiger partial charge in [-0.3, -0.25) is 15.0 Å². The quantitative estimate of drug-likeness (QED) is 0.885. The second-order valence-corrected chi connectivity index (χ2v) is 5.54. The average molecular weight is 332 g/mol.